The maximum atomic E-state index is 12.8. The number of pyridine rings is 1. The number of rotatable bonds is 6. The Morgan fingerprint density at radius 1 is 1.27 bits per heavy atom. The van der Waals surface area contributed by atoms with Crippen molar-refractivity contribution in [2.75, 3.05) is 6.54 Å². The molecule has 0 bridgehead atoms. The SMILES string of the molecule is C/C(=C\C(=N)C(=O)NCCc1cccnc1)c1cccc(C(F)(F)F)c1. The van der Waals surface area contributed by atoms with Crippen molar-refractivity contribution in [1.82, 2.24) is 10.3 Å². The van der Waals surface area contributed by atoms with Gasteiger partial charge in [0.25, 0.3) is 5.91 Å². The molecule has 1 heterocycles. The molecular weight excluding hydrogens is 343 g/mol. The number of nitrogens with one attached hydrogen (secondary N) is 2. The lowest BCUT2D eigenvalue weighted by molar-refractivity contribution is -0.137. The zero-order chi connectivity index (χ0) is 19.2. The van der Waals surface area contributed by atoms with Crippen LogP contribution in [0.2, 0.25) is 0 Å². The summed E-state index contributed by atoms with van der Waals surface area (Å²) >= 11 is 0. The lowest BCUT2D eigenvalue weighted by atomic mass is 10.0. The van der Waals surface area contributed by atoms with Gasteiger partial charge < -0.3 is 5.32 Å². The molecule has 0 fully saturated rings. The summed E-state index contributed by atoms with van der Waals surface area (Å²) in [5.41, 5.74) is 0.590. The molecule has 2 aromatic rings. The Kier molecular flexibility index (Phi) is 6.27. The number of carbonyl (C=O) groups excluding carboxylic acids is 1. The standard InChI is InChI=1S/C19H18F3N3O/c1-13(15-5-2-6-16(11-15)19(20,21)22)10-17(23)18(26)25-9-7-14-4-3-8-24-12-14/h2-6,8,10-12,23H,7,9H2,1H3,(H,25,26)/b13-10+,23-17?. The molecule has 1 aromatic heterocycles. The van der Waals surface area contributed by atoms with E-state index in [9.17, 15) is 18.0 Å². The van der Waals surface area contributed by atoms with Crippen molar-refractivity contribution in [2.24, 2.45) is 0 Å². The third kappa shape index (κ3) is 5.54. The van der Waals surface area contributed by atoms with E-state index in [1.54, 1.807) is 25.4 Å². The molecule has 1 aromatic carbocycles. The van der Waals surface area contributed by atoms with Crippen molar-refractivity contribution in [2.45, 2.75) is 19.5 Å². The summed E-state index contributed by atoms with van der Waals surface area (Å²) in [6.45, 7) is 1.90. The van der Waals surface area contributed by atoms with Gasteiger partial charge in [0.15, 0.2) is 0 Å². The maximum absolute atomic E-state index is 12.8. The minimum absolute atomic E-state index is 0.313. The van der Waals surface area contributed by atoms with E-state index < -0.39 is 17.6 Å². The van der Waals surface area contributed by atoms with Crippen LogP contribution in [0.25, 0.3) is 5.57 Å². The van der Waals surface area contributed by atoms with E-state index in [4.69, 9.17) is 5.41 Å². The van der Waals surface area contributed by atoms with Gasteiger partial charge in [0.1, 0.15) is 5.71 Å². The van der Waals surface area contributed by atoms with Crippen LogP contribution in [0.5, 0.6) is 0 Å². The van der Waals surface area contributed by atoms with Crippen LogP contribution in [0.4, 0.5) is 13.2 Å². The molecule has 0 aliphatic heterocycles. The van der Waals surface area contributed by atoms with Crippen molar-refractivity contribution in [1.29, 1.82) is 5.41 Å². The summed E-state index contributed by atoms with van der Waals surface area (Å²) in [4.78, 5) is 15.9. The second kappa shape index (κ2) is 8.42. The normalized spacial score (nSPS) is 11.9. The van der Waals surface area contributed by atoms with Gasteiger partial charge >= 0.3 is 6.18 Å². The van der Waals surface area contributed by atoms with E-state index in [2.05, 4.69) is 10.3 Å². The number of carbonyl (C=O) groups is 1. The van der Waals surface area contributed by atoms with E-state index in [0.717, 1.165) is 17.7 Å². The molecule has 0 unspecified atom stereocenters. The predicted molar refractivity (Wildman–Crippen MR) is 93.8 cm³/mol. The average molecular weight is 361 g/mol. The van der Waals surface area contributed by atoms with Crippen LogP contribution in [-0.2, 0) is 17.4 Å². The first-order valence-corrected chi connectivity index (χ1v) is 7.89. The minimum atomic E-state index is -4.44. The van der Waals surface area contributed by atoms with Crippen LogP contribution in [-0.4, -0.2) is 23.1 Å². The van der Waals surface area contributed by atoms with Crippen molar-refractivity contribution < 1.29 is 18.0 Å². The van der Waals surface area contributed by atoms with Gasteiger partial charge in [-0.1, -0.05) is 18.2 Å². The number of hydrogen-bond donors (Lipinski definition) is 2. The smallest absolute Gasteiger partial charge is 0.350 e. The first kappa shape index (κ1) is 19.4. The Bertz CT molecular complexity index is 814. The lowest BCUT2D eigenvalue weighted by Gasteiger charge is -2.09. The van der Waals surface area contributed by atoms with Gasteiger partial charge in [-0.25, -0.2) is 0 Å². The van der Waals surface area contributed by atoms with Crippen molar-refractivity contribution in [3.05, 3.63) is 71.6 Å². The Morgan fingerprint density at radius 3 is 2.69 bits per heavy atom. The van der Waals surface area contributed by atoms with Gasteiger partial charge in [-0.15, -0.1) is 0 Å². The first-order chi connectivity index (χ1) is 12.3. The second-order valence-electron chi connectivity index (χ2n) is 5.69. The Morgan fingerprint density at radius 2 is 2.04 bits per heavy atom. The Hall–Kier alpha value is -2.96. The predicted octanol–water partition coefficient (Wildman–Crippen LogP) is 3.88. The molecule has 0 radical (unpaired) electrons. The summed E-state index contributed by atoms with van der Waals surface area (Å²) in [6, 6.07) is 8.46. The zero-order valence-corrected chi connectivity index (χ0v) is 14.1. The second-order valence-corrected chi connectivity index (χ2v) is 5.69. The molecule has 0 aliphatic carbocycles. The number of aromatic nitrogens is 1. The quantitative estimate of drug-likeness (QED) is 0.767. The molecule has 0 saturated carbocycles. The third-order valence-electron chi connectivity index (χ3n) is 3.67. The fourth-order valence-corrected chi connectivity index (χ4v) is 2.27. The van der Waals surface area contributed by atoms with Crippen molar-refractivity contribution in [3.8, 4) is 0 Å². The number of amides is 1. The molecule has 26 heavy (non-hydrogen) atoms. The van der Waals surface area contributed by atoms with E-state index in [1.807, 2.05) is 6.07 Å². The van der Waals surface area contributed by atoms with Crippen LogP contribution in [0, 0.1) is 5.41 Å². The maximum Gasteiger partial charge on any atom is 0.416 e. The molecule has 1 amide bonds. The summed E-state index contributed by atoms with van der Waals surface area (Å²) in [5, 5.41) is 10.4. The van der Waals surface area contributed by atoms with Gasteiger partial charge in [-0.2, -0.15) is 13.2 Å². The summed E-state index contributed by atoms with van der Waals surface area (Å²) in [6.07, 6.45) is 0.736. The highest BCUT2D eigenvalue weighted by Crippen LogP contribution is 2.30. The van der Waals surface area contributed by atoms with Crippen LogP contribution >= 0.6 is 0 Å². The van der Waals surface area contributed by atoms with Crippen LogP contribution in [0.15, 0.2) is 54.9 Å². The van der Waals surface area contributed by atoms with E-state index in [0.29, 0.717) is 24.1 Å². The molecule has 2 N–H and O–H groups in total. The lowest BCUT2D eigenvalue weighted by Crippen LogP contribution is -2.31. The highest BCUT2D eigenvalue weighted by atomic mass is 19.4. The van der Waals surface area contributed by atoms with Gasteiger partial charge in [0.2, 0.25) is 0 Å². The molecule has 7 heteroatoms. The van der Waals surface area contributed by atoms with E-state index in [1.165, 1.54) is 18.2 Å². The summed E-state index contributed by atoms with van der Waals surface area (Å²) in [5.74, 6) is -0.583. The minimum Gasteiger partial charge on any atom is -0.350 e. The molecule has 4 nitrogen and oxygen atoms in total. The largest absolute Gasteiger partial charge is 0.416 e. The van der Waals surface area contributed by atoms with Crippen LogP contribution in [0.1, 0.15) is 23.6 Å². The van der Waals surface area contributed by atoms with E-state index >= 15 is 0 Å². The molecule has 0 spiro atoms. The fraction of sp³-hybridized carbons (Fsp3) is 0.211. The van der Waals surface area contributed by atoms with Crippen LogP contribution in [0.3, 0.4) is 0 Å². The van der Waals surface area contributed by atoms with Gasteiger partial charge in [0.05, 0.1) is 5.56 Å². The number of halogens is 3. The average Bonchev–Trinajstić information content (AvgIpc) is 2.61. The van der Waals surface area contributed by atoms with Crippen molar-refractivity contribution in [3.63, 3.8) is 0 Å². The van der Waals surface area contributed by atoms with Gasteiger partial charge in [-0.3, -0.25) is 15.2 Å². The summed E-state index contributed by atoms with van der Waals surface area (Å²) < 4.78 is 38.3. The number of allylic oxidation sites excluding steroid dienone is 1. The Labute approximate surface area is 149 Å². The first-order valence-electron chi connectivity index (χ1n) is 7.89. The highest BCUT2D eigenvalue weighted by molar-refractivity contribution is 6.43. The zero-order valence-electron chi connectivity index (χ0n) is 14.1. The van der Waals surface area contributed by atoms with Gasteiger partial charge in [0, 0.05) is 18.9 Å². The molecular formula is C19H18F3N3O. The molecule has 136 valence electrons. The number of benzene rings is 1. The molecule has 0 saturated heterocycles. The number of hydrogen-bond acceptors (Lipinski definition) is 3. The highest BCUT2D eigenvalue weighted by Gasteiger charge is 2.30. The van der Waals surface area contributed by atoms with Crippen LogP contribution < -0.4 is 5.32 Å². The monoisotopic (exact) mass is 361 g/mol. The van der Waals surface area contributed by atoms with Gasteiger partial charge in [-0.05, 0) is 54.3 Å². The number of alkyl halides is 3. The van der Waals surface area contributed by atoms with Crippen molar-refractivity contribution >= 4 is 17.2 Å². The fourth-order valence-electron chi connectivity index (χ4n) is 2.27. The molecule has 0 aliphatic rings. The van der Waals surface area contributed by atoms with E-state index in [-0.39, 0.29) is 5.71 Å². The number of nitrogens with zero attached hydrogens (tertiary/aromatic N) is 1. The molecule has 0 atom stereocenters. The topological polar surface area (TPSA) is 65.8 Å². The Balaban J connectivity index is 1.97. The molecule has 2 rings (SSSR count). The summed E-state index contributed by atoms with van der Waals surface area (Å²) in [7, 11) is 0. The third-order valence-corrected chi connectivity index (χ3v) is 3.67.